The lowest BCUT2D eigenvalue weighted by atomic mass is 9.95. The highest BCUT2D eigenvalue weighted by atomic mass is 32.2. The molecular weight excluding hydrogens is 745 g/mol. The Morgan fingerprint density at radius 2 is 1.71 bits per heavy atom. The van der Waals surface area contributed by atoms with Crippen LogP contribution in [0.25, 0.3) is 32.9 Å². The van der Waals surface area contributed by atoms with Gasteiger partial charge in [0.1, 0.15) is 48.0 Å². The molecule has 0 spiro atoms. The van der Waals surface area contributed by atoms with Crippen LogP contribution in [0.3, 0.4) is 0 Å². The van der Waals surface area contributed by atoms with Gasteiger partial charge in [-0.25, -0.2) is 28.5 Å². The highest BCUT2D eigenvalue weighted by molar-refractivity contribution is 7.99. The Labute approximate surface area is 335 Å². The molecule has 1 amide bonds. The van der Waals surface area contributed by atoms with Crippen LogP contribution in [0.15, 0.2) is 35.5 Å². The minimum absolute atomic E-state index is 0.0237. The molecule has 0 saturated carbocycles. The highest BCUT2D eigenvalue weighted by Crippen LogP contribution is 2.48. The average molecular weight is 800 g/mol. The van der Waals surface area contributed by atoms with Gasteiger partial charge >= 0.3 is 6.09 Å². The Morgan fingerprint density at radius 1 is 1.00 bits per heavy atom. The van der Waals surface area contributed by atoms with Crippen molar-refractivity contribution in [3.63, 3.8) is 0 Å². The van der Waals surface area contributed by atoms with E-state index in [1.165, 1.54) is 17.8 Å². The topological polar surface area (TPSA) is 80.7 Å². The smallest absolute Gasteiger partial charge is 0.410 e. The predicted octanol–water partition coefficient (Wildman–Crippen LogP) is 10.9. The van der Waals surface area contributed by atoms with Gasteiger partial charge in [-0.3, -0.25) is 4.90 Å². The maximum Gasteiger partial charge on any atom is 0.410 e. The van der Waals surface area contributed by atoms with Crippen LogP contribution in [0.4, 0.5) is 19.4 Å². The van der Waals surface area contributed by atoms with Crippen molar-refractivity contribution in [3.8, 4) is 28.6 Å². The van der Waals surface area contributed by atoms with Crippen molar-refractivity contribution < 1.29 is 23.0 Å². The number of rotatable bonds is 7. The second-order valence-corrected chi connectivity index (χ2v) is 24.2. The minimum Gasteiger partial charge on any atom is -0.471 e. The first kappa shape index (κ1) is 40.3. The van der Waals surface area contributed by atoms with Crippen molar-refractivity contribution >= 4 is 53.4 Å². The van der Waals surface area contributed by atoms with Gasteiger partial charge in [-0.05, 0) is 73.9 Å². The largest absolute Gasteiger partial charge is 0.471 e. The molecule has 298 valence electrons. The molecule has 2 aromatic carbocycles. The van der Waals surface area contributed by atoms with Crippen molar-refractivity contribution in [2.75, 3.05) is 17.2 Å². The monoisotopic (exact) mass is 799 g/mol. The van der Waals surface area contributed by atoms with Crippen molar-refractivity contribution in [2.45, 2.75) is 147 Å². The van der Waals surface area contributed by atoms with Crippen molar-refractivity contribution in [3.05, 3.63) is 47.5 Å². The molecule has 4 aromatic rings. The number of ether oxygens (including phenoxy) is 2. The number of halogens is 2. The molecular formula is C44H55F2N5O3SSi. The zero-order valence-corrected chi connectivity index (χ0v) is 36.4. The van der Waals surface area contributed by atoms with Crippen LogP contribution in [0.2, 0.25) is 16.6 Å². The first-order valence-corrected chi connectivity index (χ1v) is 23.5. The molecule has 0 aliphatic carbocycles. The molecule has 0 unspecified atom stereocenters. The second-order valence-electron chi connectivity index (χ2n) is 17.4. The first-order chi connectivity index (χ1) is 26.5. The van der Waals surface area contributed by atoms with Crippen LogP contribution in [-0.2, 0) is 4.74 Å². The first-order valence-electron chi connectivity index (χ1n) is 20.3. The summed E-state index contributed by atoms with van der Waals surface area (Å²) in [6.45, 7) is 23.6. The number of thioether (sulfide) groups is 1. The molecule has 2 aromatic heterocycles. The molecule has 3 aliphatic rings. The predicted molar refractivity (Wildman–Crippen MR) is 225 cm³/mol. The minimum atomic E-state index is -2.25. The number of pyridine rings is 1. The number of carbonyl (C=O) groups is 1. The number of nitrogens with zero attached hydrogens (tertiary/aromatic N) is 5. The van der Waals surface area contributed by atoms with E-state index in [1.807, 2.05) is 44.7 Å². The number of hydrogen-bond donors (Lipinski definition) is 0. The lowest BCUT2D eigenvalue weighted by Gasteiger charge is -2.48. The van der Waals surface area contributed by atoms with Crippen molar-refractivity contribution in [1.82, 2.24) is 19.9 Å². The Kier molecular flexibility index (Phi) is 10.8. The maximum absolute atomic E-state index is 17.5. The molecule has 2 saturated heterocycles. The van der Waals surface area contributed by atoms with Gasteiger partial charge in [0.05, 0.1) is 23.7 Å². The summed E-state index contributed by atoms with van der Waals surface area (Å²) in [6.07, 6.45) is 1.44. The van der Waals surface area contributed by atoms with Gasteiger partial charge in [0.2, 0.25) is 5.88 Å². The van der Waals surface area contributed by atoms with Crippen LogP contribution < -0.4 is 9.64 Å². The summed E-state index contributed by atoms with van der Waals surface area (Å²) in [5.41, 5.74) is 4.90. The number of carbonyl (C=O) groups excluding carboxylic acids is 1. The third-order valence-electron chi connectivity index (χ3n) is 12.1. The van der Waals surface area contributed by atoms with Gasteiger partial charge in [0, 0.05) is 17.5 Å². The maximum atomic E-state index is 17.5. The lowest BCUT2D eigenvalue weighted by Crippen LogP contribution is -2.65. The van der Waals surface area contributed by atoms with Gasteiger partial charge in [-0.1, -0.05) is 97.3 Å². The summed E-state index contributed by atoms with van der Waals surface area (Å²) < 4.78 is 46.5. The third-order valence-corrected chi connectivity index (χ3v) is 19.2. The van der Waals surface area contributed by atoms with Gasteiger partial charge < -0.3 is 14.4 Å². The van der Waals surface area contributed by atoms with Crippen LogP contribution in [0.5, 0.6) is 5.88 Å². The number of benzene rings is 2. The lowest BCUT2D eigenvalue weighted by molar-refractivity contribution is -0.000577. The number of amides is 1. The number of hydrogen-bond acceptors (Lipinski definition) is 8. The zero-order chi connectivity index (χ0) is 40.4. The number of piperazine rings is 1. The fourth-order valence-electron chi connectivity index (χ4n) is 9.84. The van der Waals surface area contributed by atoms with E-state index in [-0.39, 0.29) is 46.9 Å². The summed E-state index contributed by atoms with van der Waals surface area (Å²) in [4.78, 5) is 32.7. The fraction of sp³-hybridized carbons (Fsp3) is 0.545. The van der Waals surface area contributed by atoms with Gasteiger partial charge in [-0.15, -0.1) is 5.54 Å². The van der Waals surface area contributed by atoms with E-state index < -0.39 is 31.4 Å². The highest BCUT2D eigenvalue weighted by Gasteiger charge is 2.54. The molecule has 4 atom stereocenters. The van der Waals surface area contributed by atoms with Crippen LogP contribution in [0.1, 0.15) is 101 Å². The van der Waals surface area contributed by atoms with Gasteiger partial charge in [-0.2, -0.15) is 0 Å². The van der Waals surface area contributed by atoms with Gasteiger partial charge in [0.15, 0.2) is 11.0 Å². The molecule has 3 aliphatic heterocycles. The molecule has 0 radical (unpaired) electrons. The van der Waals surface area contributed by atoms with E-state index in [1.54, 1.807) is 12.1 Å². The summed E-state index contributed by atoms with van der Waals surface area (Å²) >= 11 is 1.44. The van der Waals surface area contributed by atoms with Crippen molar-refractivity contribution in [2.24, 2.45) is 0 Å². The average Bonchev–Trinajstić information content (AvgIpc) is 3.37. The number of anilines is 1. The Hall–Kier alpha value is -3.95. The molecule has 2 bridgehead atoms. The molecule has 0 N–H and O–H groups in total. The fourth-order valence-corrected chi connectivity index (χ4v) is 15.6. The summed E-state index contributed by atoms with van der Waals surface area (Å²) in [6, 6.07) is 8.09. The van der Waals surface area contributed by atoms with E-state index in [9.17, 15) is 4.79 Å². The Morgan fingerprint density at radius 3 is 2.36 bits per heavy atom. The van der Waals surface area contributed by atoms with E-state index in [4.69, 9.17) is 24.4 Å². The standard InChI is InChI=1S/C44H55F2N5O3SSi/c1-12-33-39-32-20-18-28(51(32)43(52)54-44(9,10)11)23-50(39)40-35-38(48-42(49-40)55-13-2)36(46)37(47-41(35)53-33)30-16-14-15-27-17-19-31(45)29(34(27)30)21-22-56(24(3)4,25(5)6)26(7)8/h14-17,19,24-26,28,32-33,39H,12-13,18,20,23H2,1-11H3/t28-,32+,33+,39+/m1/s1. The molecule has 12 heteroatoms. The zero-order valence-electron chi connectivity index (χ0n) is 34.6. The normalized spacial score (nSPS) is 20.7. The Balaban J connectivity index is 1.45. The third kappa shape index (κ3) is 6.70. The summed E-state index contributed by atoms with van der Waals surface area (Å²) in [5, 5.41) is 2.10. The quantitative estimate of drug-likeness (QED) is 0.0791. The summed E-state index contributed by atoms with van der Waals surface area (Å²) in [7, 11) is -2.25. The van der Waals surface area contributed by atoms with Crippen LogP contribution in [-0.4, -0.2) is 76.1 Å². The SMILES string of the molecule is CCSc1nc2c3c(nc(-c4cccc5ccc(F)c(C#C[Si](C(C)C)(C(C)C)C(C)C)c45)c(F)c3n1)O[C@@H](CC)[C@@H]1[C@@H]3CC[C@H](CN21)N3C(=O)OC(C)(C)C. The number of aromatic nitrogens is 3. The number of fused-ring (bicyclic) bond motifs is 6. The van der Waals surface area contributed by atoms with Gasteiger partial charge in [0.25, 0.3) is 0 Å². The Bertz CT molecular complexity index is 2230. The van der Waals surface area contributed by atoms with E-state index in [0.29, 0.717) is 62.7 Å². The summed E-state index contributed by atoms with van der Waals surface area (Å²) in [5.74, 6) is 3.76. The second kappa shape index (κ2) is 15.1. The van der Waals surface area contributed by atoms with Crippen molar-refractivity contribution in [1.29, 1.82) is 0 Å². The molecule has 5 heterocycles. The molecule has 56 heavy (non-hydrogen) atoms. The molecule has 8 nitrogen and oxygen atoms in total. The van der Waals surface area contributed by atoms with E-state index in [2.05, 4.69) is 64.8 Å². The van der Waals surface area contributed by atoms with Crippen LogP contribution in [0, 0.1) is 23.1 Å². The van der Waals surface area contributed by atoms with E-state index >= 15 is 8.78 Å². The van der Waals surface area contributed by atoms with Crippen LogP contribution >= 0.6 is 11.8 Å². The molecule has 7 rings (SSSR count). The molecule has 2 fully saturated rings. The van der Waals surface area contributed by atoms with E-state index in [0.717, 1.165) is 18.2 Å².